The van der Waals surface area contributed by atoms with Crippen LogP contribution in [0, 0.1) is 0 Å². The van der Waals surface area contributed by atoms with Gasteiger partial charge >= 0.3 is 0 Å². The number of anilines is 1. The van der Waals surface area contributed by atoms with Crippen LogP contribution >= 0.6 is 0 Å². The SMILES string of the molecule is CCC1(CC)C[C@H](NC(=O)[C@@H]2CN(S(=O)(=O)CC)c3ccccc3O2)c2ccccc2O1. The summed E-state index contributed by atoms with van der Waals surface area (Å²) in [6, 6.07) is 14.4. The minimum atomic E-state index is -3.56. The number of hydrogen-bond donors (Lipinski definition) is 1. The van der Waals surface area contributed by atoms with E-state index < -0.39 is 16.1 Å². The highest BCUT2D eigenvalue weighted by atomic mass is 32.2. The van der Waals surface area contributed by atoms with Crippen LogP contribution in [0.3, 0.4) is 0 Å². The van der Waals surface area contributed by atoms with E-state index in [-0.39, 0.29) is 29.8 Å². The fraction of sp³-hybridized carbons (Fsp3) is 0.458. The number of sulfonamides is 1. The van der Waals surface area contributed by atoms with E-state index in [0.717, 1.165) is 24.2 Å². The summed E-state index contributed by atoms with van der Waals surface area (Å²) < 4.78 is 39.0. The molecule has 0 bridgehead atoms. The maximum atomic E-state index is 13.3. The summed E-state index contributed by atoms with van der Waals surface area (Å²) in [4.78, 5) is 13.3. The lowest BCUT2D eigenvalue weighted by Gasteiger charge is -2.42. The molecule has 0 saturated heterocycles. The molecule has 2 aliphatic heterocycles. The van der Waals surface area contributed by atoms with Crippen molar-refractivity contribution in [3.8, 4) is 11.5 Å². The highest BCUT2D eigenvalue weighted by molar-refractivity contribution is 7.92. The van der Waals surface area contributed by atoms with Crippen LogP contribution in [0.4, 0.5) is 5.69 Å². The highest BCUT2D eigenvalue weighted by Gasteiger charge is 2.41. The molecule has 172 valence electrons. The number of para-hydroxylation sites is 3. The summed E-state index contributed by atoms with van der Waals surface area (Å²) >= 11 is 0. The number of rotatable bonds is 6. The fourth-order valence-corrected chi connectivity index (χ4v) is 5.58. The molecule has 2 aromatic rings. The van der Waals surface area contributed by atoms with Crippen LogP contribution in [0.5, 0.6) is 11.5 Å². The average Bonchev–Trinajstić information content (AvgIpc) is 2.83. The van der Waals surface area contributed by atoms with E-state index in [1.807, 2.05) is 24.3 Å². The van der Waals surface area contributed by atoms with Gasteiger partial charge in [0.15, 0.2) is 6.10 Å². The number of fused-ring (bicyclic) bond motifs is 2. The number of benzene rings is 2. The Morgan fingerprint density at radius 2 is 1.72 bits per heavy atom. The molecule has 2 heterocycles. The van der Waals surface area contributed by atoms with Crippen LogP contribution < -0.4 is 19.1 Å². The Morgan fingerprint density at radius 1 is 1.06 bits per heavy atom. The molecule has 0 aliphatic carbocycles. The Kier molecular flexibility index (Phi) is 6.07. The second-order valence-electron chi connectivity index (χ2n) is 8.30. The minimum absolute atomic E-state index is 0.0570. The molecule has 7 nitrogen and oxygen atoms in total. The largest absolute Gasteiger partial charge is 0.487 e. The van der Waals surface area contributed by atoms with E-state index in [4.69, 9.17) is 9.47 Å². The van der Waals surface area contributed by atoms with Crippen LogP contribution in [-0.4, -0.2) is 38.3 Å². The number of hydrogen-bond acceptors (Lipinski definition) is 5. The number of amides is 1. The van der Waals surface area contributed by atoms with E-state index in [0.29, 0.717) is 17.9 Å². The van der Waals surface area contributed by atoms with Crippen molar-refractivity contribution in [2.75, 3.05) is 16.6 Å². The van der Waals surface area contributed by atoms with E-state index in [2.05, 4.69) is 19.2 Å². The third-order valence-electron chi connectivity index (χ3n) is 6.53. The number of carbonyl (C=O) groups is 1. The van der Waals surface area contributed by atoms with Gasteiger partial charge in [0.1, 0.15) is 17.1 Å². The van der Waals surface area contributed by atoms with Crippen LogP contribution in [0.2, 0.25) is 0 Å². The van der Waals surface area contributed by atoms with Crippen molar-refractivity contribution >= 4 is 21.6 Å². The first-order valence-electron chi connectivity index (χ1n) is 11.2. The third kappa shape index (κ3) is 4.03. The van der Waals surface area contributed by atoms with Gasteiger partial charge in [0.25, 0.3) is 5.91 Å². The van der Waals surface area contributed by atoms with E-state index in [1.54, 1.807) is 31.2 Å². The third-order valence-corrected chi connectivity index (χ3v) is 8.28. The molecular formula is C24H30N2O5S. The van der Waals surface area contributed by atoms with E-state index in [9.17, 15) is 13.2 Å². The zero-order chi connectivity index (χ0) is 22.9. The first kappa shape index (κ1) is 22.5. The maximum Gasteiger partial charge on any atom is 0.263 e. The van der Waals surface area contributed by atoms with Crippen LogP contribution in [0.15, 0.2) is 48.5 Å². The predicted octanol–water partition coefficient (Wildman–Crippen LogP) is 3.80. The molecule has 32 heavy (non-hydrogen) atoms. The second kappa shape index (κ2) is 8.65. The zero-order valence-electron chi connectivity index (χ0n) is 18.7. The van der Waals surface area contributed by atoms with Gasteiger partial charge in [-0.1, -0.05) is 44.2 Å². The van der Waals surface area contributed by atoms with Gasteiger partial charge in [0.05, 0.1) is 24.0 Å². The molecule has 0 unspecified atom stereocenters. The monoisotopic (exact) mass is 458 g/mol. The molecule has 0 radical (unpaired) electrons. The highest BCUT2D eigenvalue weighted by Crippen LogP contribution is 2.43. The number of nitrogens with one attached hydrogen (secondary N) is 1. The van der Waals surface area contributed by atoms with Crippen LogP contribution in [0.1, 0.15) is 51.6 Å². The van der Waals surface area contributed by atoms with Gasteiger partial charge < -0.3 is 14.8 Å². The van der Waals surface area contributed by atoms with Crippen molar-refractivity contribution in [1.82, 2.24) is 5.32 Å². The van der Waals surface area contributed by atoms with Crippen molar-refractivity contribution in [2.45, 2.75) is 57.8 Å². The summed E-state index contributed by atoms with van der Waals surface area (Å²) in [5, 5.41) is 3.12. The Balaban J connectivity index is 1.61. The molecule has 0 fully saturated rings. The van der Waals surface area contributed by atoms with Gasteiger partial charge in [-0.3, -0.25) is 9.10 Å². The number of carbonyl (C=O) groups excluding carboxylic acids is 1. The average molecular weight is 459 g/mol. The van der Waals surface area contributed by atoms with E-state index in [1.165, 1.54) is 4.31 Å². The lowest BCUT2D eigenvalue weighted by atomic mass is 9.83. The Labute approximate surface area is 189 Å². The van der Waals surface area contributed by atoms with Crippen molar-refractivity contribution in [2.24, 2.45) is 0 Å². The van der Waals surface area contributed by atoms with Gasteiger partial charge in [-0.05, 0) is 38.0 Å². The Hall–Kier alpha value is -2.74. The first-order valence-corrected chi connectivity index (χ1v) is 12.8. The van der Waals surface area contributed by atoms with Gasteiger partial charge in [-0.25, -0.2) is 8.42 Å². The molecule has 1 amide bonds. The second-order valence-corrected chi connectivity index (χ2v) is 10.5. The van der Waals surface area contributed by atoms with Gasteiger partial charge in [-0.15, -0.1) is 0 Å². The summed E-state index contributed by atoms with van der Waals surface area (Å²) in [6.07, 6.45) is 1.34. The Morgan fingerprint density at radius 3 is 2.41 bits per heavy atom. The van der Waals surface area contributed by atoms with Crippen molar-refractivity contribution in [1.29, 1.82) is 0 Å². The van der Waals surface area contributed by atoms with Crippen molar-refractivity contribution in [3.05, 3.63) is 54.1 Å². The molecule has 0 saturated carbocycles. The smallest absolute Gasteiger partial charge is 0.263 e. The Bertz CT molecular complexity index is 1100. The molecule has 2 atom stereocenters. The first-order chi connectivity index (χ1) is 15.3. The summed E-state index contributed by atoms with van der Waals surface area (Å²) in [7, 11) is -3.56. The minimum Gasteiger partial charge on any atom is -0.487 e. The molecule has 0 aromatic heterocycles. The molecule has 8 heteroatoms. The standard InChI is InChI=1S/C24H30N2O5S/c1-4-24(5-2)15-18(17-11-7-9-13-20(17)31-24)25-23(27)22-16-26(32(28,29)6-3)19-12-8-10-14-21(19)30-22/h7-14,18,22H,4-6,15-16H2,1-3H3,(H,25,27)/t18-,22-/m0/s1. The molecule has 2 aromatic carbocycles. The topological polar surface area (TPSA) is 84.9 Å². The van der Waals surface area contributed by atoms with Gasteiger partial charge in [0.2, 0.25) is 10.0 Å². The lowest BCUT2D eigenvalue weighted by molar-refractivity contribution is -0.129. The summed E-state index contributed by atoms with van der Waals surface area (Å²) in [5.41, 5.74) is 1.03. The zero-order valence-corrected chi connectivity index (χ0v) is 19.5. The summed E-state index contributed by atoms with van der Waals surface area (Å²) in [5.74, 6) is 0.773. The van der Waals surface area contributed by atoms with Crippen molar-refractivity contribution in [3.63, 3.8) is 0 Å². The fourth-order valence-electron chi connectivity index (χ4n) is 4.45. The normalized spacial score (nSPS) is 21.5. The predicted molar refractivity (Wildman–Crippen MR) is 124 cm³/mol. The summed E-state index contributed by atoms with van der Waals surface area (Å²) in [6.45, 7) is 5.71. The molecule has 1 N–H and O–H groups in total. The van der Waals surface area contributed by atoms with Crippen LogP contribution in [0.25, 0.3) is 0 Å². The maximum absolute atomic E-state index is 13.3. The number of nitrogens with zero attached hydrogens (tertiary/aromatic N) is 1. The van der Waals surface area contributed by atoms with Crippen molar-refractivity contribution < 1.29 is 22.7 Å². The van der Waals surface area contributed by atoms with Gasteiger partial charge in [-0.2, -0.15) is 0 Å². The molecule has 0 spiro atoms. The quantitative estimate of drug-likeness (QED) is 0.712. The lowest BCUT2D eigenvalue weighted by Crippen LogP contribution is -2.53. The molecule has 4 rings (SSSR count). The molecular weight excluding hydrogens is 428 g/mol. The van der Waals surface area contributed by atoms with Crippen LogP contribution in [-0.2, 0) is 14.8 Å². The van der Waals surface area contributed by atoms with E-state index >= 15 is 0 Å². The molecule has 2 aliphatic rings. The number of ether oxygens (including phenoxy) is 2. The van der Waals surface area contributed by atoms with Gasteiger partial charge in [0, 0.05) is 12.0 Å².